The molecule has 40 heavy (non-hydrogen) atoms. The van der Waals surface area contributed by atoms with Gasteiger partial charge in [0.15, 0.2) is 5.78 Å². The summed E-state index contributed by atoms with van der Waals surface area (Å²) in [5, 5.41) is 9.62. The Balaban J connectivity index is 1.33. The Bertz CT molecular complexity index is 1630. The van der Waals surface area contributed by atoms with Crippen LogP contribution in [-0.4, -0.2) is 27.8 Å². The standard InChI is InChI=1S/C32H25N3O4S/c1-20-26(17-28(36)22-9-5-3-6-10-22)21(2)34-31(27(20)19-33)40-29-18-30(37)35(32(29)38)23-13-15-25(16-14-23)39-24-11-7-4-8-12-24/h3-16,29H,17-18H2,1-2H3. The summed E-state index contributed by atoms with van der Waals surface area (Å²) in [6.07, 6.45) is 0.109. The van der Waals surface area contributed by atoms with Crippen LogP contribution in [0.15, 0.2) is 90.0 Å². The van der Waals surface area contributed by atoms with Gasteiger partial charge in [0.05, 0.1) is 16.5 Å². The summed E-state index contributed by atoms with van der Waals surface area (Å²) in [7, 11) is 0. The van der Waals surface area contributed by atoms with E-state index in [9.17, 15) is 19.6 Å². The van der Waals surface area contributed by atoms with E-state index < -0.39 is 5.25 Å². The number of amides is 2. The lowest BCUT2D eigenvalue weighted by Crippen LogP contribution is -2.31. The number of pyridine rings is 1. The summed E-state index contributed by atoms with van der Waals surface area (Å²) in [4.78, 5) is 44.8. The van der Waals surface area contributed by atoms with Crippen LogP contribution in [0.25, 0.3) is 0 Å². The number of carbonyl (C=O) groups excluding carboxylic acids is 3. The number of nitriles is 1. The molecule has 1 aromatic heterocycles. The first-order valence-electron chi connectivity index (χ1n) is 12.7. The predicted octanol–water partition coefficient (Wildman–Crippen LogP) is 6.21. The summed E-state index contributed by atoms with van der Waals surface area (Å²) >= 11 is 1.11. The van der Waals surface area contributed by atoms with Crippen LogP contribution in [0.5, 0.6) is 11.5 Å². The number of carbonyl (C=O) groups is 3. The van der Waals surface area contributed by atoms with Crippen LogP contribution in [0.2, 0.25) is 0 Å². The molecule has 2 amide bonds. The lowest BCUT2D eigenvalue weighted by Gasteiger charge is -2.17. The normalized spacial score (nSPS) is 14.7. The monoisotopic (exact) mass is 547 g/mol. The number of Topliss-reactive ketones (excluding diaryl/α,β-unsaturated/α-hetero) is 1. The Morgan fingerprint density at radius 2 is 1.60 bits per heavy atom. The fourth-order valence-corrected chi connectivity index (χ4v) is 5.82. The quantitative estimate of drug-likeness (QED) is 0.191. The van der Waals surface area contributed by atoms with Gasteiger partial charge < -0.3 is 4.74 Å². The van der Waals surface area contributed by atoms with Crippen molar-refractivity contribution in [2.45, 2.75) is 37.0 Å². The molecule has 7 nitrogen and oxygen atoms in total. The van der Waals surface area contributed by atoms with Crippen LogP contribution in [0.4, 0.5) is 5.69 Å². The van der Waals surface area contributed by atoms with Crippen molar-refractivity contribution in [3.8, 4) is 17.6 Å². The fraction of sp³-hybridized carbons (Fsp3) is 0.156. The van der Waals surface area contributed by atoms with Crippen molar-refractivity contribution in [3.63, 3.8) is 0 Å². The molecule has 0 radical (unpaired) electrons. The van der Waals surface area contributed by atoms with E-state index in [1.165, 1.54) is 4.90 Å². The van der Waals surface area contributed by atoms with Crippen molar-refractivity contribution in [1.29, 1.82) is 5.26 Å². The number of hydrogen-bond donors (Lipinski definition) is 0. The second-order valence-electron chi connectivity index (χ2n) is 9.35. The van der Waals surface area contributed by atoms with Gasteiger partial charge in [-0.25, -0.2) is 9.88 Å². The molecule has 3 aromatic carbocycles. The molecule has 4 aromatic rings. The van der Waals surface area contributed by atoms with Gasteiger partial charge >= 0.3 is 0 Å². The first-order valence-corrected chi connectivity index (χ1v) is 13.6. The van der Waals surface area contributed by atoms with Crippen molar-refractivity contribution in [2.24, 2.45) is 0 Å². The smallest absolute Gasteiger partial charge is 0.247 e. The molecule has 0 bridgehead atoms. The molecule has 0 spiro atoms. The number of thioether (sulfide) groups is 1. The van der Waals surface area contributed by atoms with E-state index in [4.69, 9.17) is 4.74 Å². The van der Waals surface area contributed by atoms with Gasteiger partial charge in [0.25, 0.3) is 0 Å². The molecule has 0 saturated carbocycles. The highest BCUT2D eigenvalue weighted by Gasteiger charge is 2.41. The molecular formula is C32H25N3O4S. The fourth-order valence-electron chi connectivity index (χ4n) is 4.61. The molecular weight excluding hydrogens is 522 g/mol. The maximum Gasteiger partial charge on any atom is 0.247 e. The molecule has 1 atom stereocenters. The van der Waals surface area contributed by atoms with E-state index >= 15 is 0 Å². The molecule has 1 aliphatic rings. The van der Waals surface area contributed by atoms with E-state index in [1.54, 1.807) is 50.2 Å². The Kier molecular flexibility index (Phi) is 7.76. The highest BCUT2D eigenvalue weighted by Crippen LogP contribution is 2.37. The molecule has 1 saturated heterocycles. The van der Waals surface area contributed by atoms with Crippen molar-refractivity contribution < 1.29 is 19.1 Å². The van der Waals surface area contributed by atoms with E-state index in [2.05, 4.69) is 11.1 Å². The number of hydrogen-bond acceptors (Lipinski definition) is 7. The highest BCUT2D eigenvalue weighted by atomic mass is 32.2. The zero-order chi connectivity index (χ0) is 28.2. The number of ketones is 1. The number of benzene rings is 3. The van der Waals surface area contributed by atoms with Crippen LogP contribution in [0.1, 0.15) is 39.2 Å². The van der Waals surface area contributed by atoms with Crippen molar-refractivity contribution >= 4 is 35.0 Å². The summed E-state index contributed by atoms with van der Waals surface area (Å²) in [6.45, 7) is 3.58. The second-order valence-corrected chi connectivity index (χ2v) is 10.5. The topological polar surface area (TPSA) is 100 Å². The second kappa shape index (κ2) is 11.6. The number of aryl methyl sites for hydroxylation is 1. The van der Waals surface area contributed by atoms with Crippen LogP contribution in [-0.2, 0) is 16.0 Å². The van der Waals surface area contributed by atoms with Crippen LogP contribution < -0.4 is 9.64 Å². The van der Waals surface area contributed by atoms with Gasteiger partial charge in [0, 0.05) is 24.1 Å². The predicted molar refractivity (Wildman–Crippen MR) is 153 cm³/mol. The average molecular weight is 548 g/mol. The van der Waals surface area contributed by atoms with Crippen LogP contribution in [0.3, 0.4) is 0 Å². The SMILES string of the molecule is Cc1nc(SC2CC(=O)N(c3ccc(Oc4ccccc4)cc3)C2=O)c(C#N)c(C)c1CC(=O)c1ccccc1. The lowest BCUT2D eigenvalue weighted by atomic mass is 9.96. The van der Waals surface area contributed by atoms with Gasteiger partial charge in [0.2, 0.25) is 11.8 Å². The molecule has 8 heteroatoms. The minimum atomic E-state index is -0.719. The summed E-state index contributed by atoms with van der Waals surface area (Å²) in [5.41, 5.74) is 3.33. The van der Waals surface area contributed by atoms with E-state index in [-0.39, 0.29) is 30.4 Å². The third-order valence-corrected chi connectivity index (χ3v) is 7.90. The van der Waals surface area contributed by atoms with Crippen molar-refractivity contribution in [1.82, 2.24) is 4.98 Å². The third-order valence-electron chi connectivity index (χ3n) is 6.73. The molecule has 5 rings (SSSR count). The van der Waals surface area contributed by atoms with Gasteiger partial charge in [-0.05, 0) is 61.4 Å². The summed E-state index contributed by atoms with van der Waals surface area (Å²) in [6, 6.07) is 27.3. The maximum atomic E-state index is 13.3. The van der Waals surface area contributed by atoms with Gasteiger partial charge in [-0.2, -0.15) is 5.26 Å². The zero-order valence-corrected chi connectivity index (χ0v) is 22.8. The number of aromatic nitrogens is 1. The average Bonchev–Trinajstić information content (AvgIpc) is 3.24. The molecule has 0 N–H and O–H groups in total. The van der Waals surface area contributed by atoms with Gasteiger partial charge in [0.1, 0.15) is 22.6 Å². The number of imide groups is 1. The van der Waals surface area contributed by atoms with Gasteiger partial charge in [-0.1, -0.05) is 60.3 Å². The minimum Gasteiger partial charge on any atom is -0.457 e. The number of anilines is 1. The van der Waals surface area contributed by atoms with Gasteiger partial charge in [-0.15, -0.1) is 0 Å². The zero-order valence-electron chi connectivity index (χ0n) is 22.0. The minimum absolute atomic E-state index is 0.00927. The van der Waals surface area contributed by atoms with E-state index in [0.717, 1.165) is 11.8 Å². The molecule has 0 aliphatic carbocycles. The molecule has 1 aliphatic heterocycles. The molecule has 1 fully saturated rings. The summed E-state index contributed by atoms with van der Waals surface area (Å²) < 4.78 is 5.80. The van der Waals surface area contributed by atoms with Crippen molar-refractivity contribution in [2.75, 3.05) is 4.90 Å². The summed E-state index contributed by atoms with van der Waals surface area (Å²) in [5.74, 6) is 0.513. The Morgan fingerprint density at radius 3 is 2.25 bits per heavy atom. The highest BCUT2D eigenvalue weighted by molar-refractivity contribution is 8.00. The largest absolute Gasteiger partial charge is 0.457 e. The maximum absolute atomic E-state index is 13.3. The Labute approximate surface area is 236 Å². The van der Waals surface area contributed by atoms with E-state index in [1.807, 2.05) is 48.5 Å². The Morgan fingerprint density at radius 1 is 0.975 bits per heavy atom. The molecule has 2 heterocycles. The lowest BCUT2D eigenvalue weighted by molar-refractivity contribution is -0.121. The van der Waals surface area contributed by atoms with Crippen LogP contribution in [0, 0.1) is 25.2 Å². The molecule has 198 valence electrons. The number of rotatable bonds is 8. The number of ether oxygens (including phenoxy) is 1. The van der Waals surface area contributed by atoms with E-state index in [0.29, 0.717) is 50.2 Å². The van der Waals surface area contributed by atoms with Crippen LogP contribution >= 0.6 is 11.8 Å². The number of para-hydroxylation sites is 1. The molecule has 1 unspecified atom stereocenters. The Hall–Kier alpha value is -4.74. The van der Waals surface area contributed by atoms with Crippen molar-refractivity contribution in [3.05, 3.63) is 113 Å². The number of nitrogens with zero attached hydrogens (tertiary/aromatic N) is 3. The first kappa shape index (κ1) is 26.9. The first-order chi connectivity index (χ1) is 19.4. The third kappa shape index (κ3) is 5.51. The van der Waals surface area contributed by atoms with Gasteiger partial charge in [-0.3, -0.25) is 14.4 Å².